The molecule has 1 saturated carbocycles. The van der Waals surface area contributed by atoms with E-state index in [1.54, 1.807) is 13.1 Å². The molecule has 36 heavy (non-hydrogen) atoms. The molecule has 0 saturated heterocycles. The molecule has 2 aliphatic heterocycles. The number of benzene rings is 2. The molecular formula is C24H22ClF4N3O4. The van der Waals surface area contributed by atoms with E-state index in [1.165, 1.54) is 17.0 Å². The lowest BCUT2D eigenvalue weighted by molar-refractivity contribution is -0.192. The van der Waals surface area contributed by atoms with Gasteiger partial charge in [-0.25, -0.2) is 14.2 Å². The summed E-state index contributed by atoms with van der Waals surface area (Å²) in [6, 6.07) is 9.96. The molecular weight excluding hydrogens is 506 g/mol. The number of carboxylic acids is 1. The van der Waals surface area contributed by atoms with Crippen LogP contribution >= 0.6 is 11.6 Å². The van der Waals surface area contributed by atoms with Crippen LogP contribution in [-0.2, 0) is 15.1 Å². The number of likely N-dealkylation sites (N-methyl/N-ethyl adjacent to an activating group) is 1. The van der Waals surface area contributed by atoms with E-state index in [1.807, 2.05) is 18.2 Å². The van der Waals surface area contributed by atoms with Crippen LogP contribution in [0, 0.1) is 11.7 Å². The SMILES string of the molecule is CN1C(=O)C2(N=C1N)c1cc(-c3cc(F)cc(Cl)c3)ccc1OC1CCCCC12.O=C(O)C(F)(F)F. The maximum Gasteiger partial charge on any atom is 0.490 e. The number of aliphatic imine (C=N–C) groups is 1. The standard InChI is InChI=1S/C22H21ClFN3O2.C2HF3O2/c1-27-20(28)22(26-21(27)25)16-4-2-3-5-18(16)29-19-7-6-12(10-17(19)22)13-8-14(23)11-15(24)9-13;3-2(4,5)1(6)7/h6-11,16,18H,2-5H2,1H3,(H2,25,26);(H,6,7). The average Bonchev–Trinajstić information content (AvgIpc) is 3.03. The Hall–Kier alpha value is -3.34. The Bertz CT molecular complexity index is 1230. The third kappa shape index (κ3) is 4.47. The normalized spacial score (nSPS) is 24.8. The number of nitrogens with zero attached hydrogens (tertiary/aromatic N) is 2. The van der Waals surface area contributed by atoms with Crippen LogP contribution in [0.15, 0.2) is 41.4 Å². The summed E-state index contributed by atoms with van der Waals surface area (Å²) in [5, 5.41) is 7.44. The highest BCUT2D eigenvalue weighted by Gasteiger charge is 2.60. The highest BCUT2D eigenvalue weighted by Crippen LogP contribution is 2.53. The maximum absolute atomic E-state index is 13.9. The predicted octanol–water partition coefficient (Wildman–Crippen LogP) is 4.71. The second-order valence-corrected chi connectivity index (χ2v) is 9.26. The predicted molar refractivity (Wildman–Crippen MR) is 123 cm³/mol. The highest BCUT2D eigenvalue weighted by atomic mass is 35.5. The number of nitrogens with two attached hydrogens (primary N) is 1. The zero-order valence-electron chi connectivity index (χ0n) is 19.0. The summed E-state index contributed by atoms with van der Waals surface area (Å²) in [7, 11) is 1.65. The van der Waals surface area contributed by atoms with E-state index in [0.29, 0.717) is 21.9 Å². The van der Waals surface area contributed by atoms with Crippen LogP contribution in [0.5, 0.6) is 5.75 Å². The number of ether oxygens (including phenoxy) is 1. The molecule has 3 unspecified atom stereocenters. The van der Waals surface area contributed by atoms with Crippen LogP contribution < -0.4 is 10.5 Å². The fourth-order valence-electron chi connectivity index (χ4n) is 4.99. The lowest BCUT2D eigenvalue weighted by Crippen LogP contribution is -2.53. The van der Waals surface area contributed by atoms with Crippen LogP contribution in [0.25, 0.3) is 11.1 Å². The number of rotatable bonds is 1. The van der Waals surface area contributed by atoms with Gasteiger partial charge >= 0.3 is 12.1 Å². The van der Waals surface area contributed by atoms with Gasteiger partial charge < -0.3 is 15.6 Å². The highest BCUT2D eigenvalue weighted by molar-refractivity contribution is 6.30. The molecule has 2 aromatic carbocycles. The molecule has 192 valence electrons. The first kappa shape index (κ1) is 25.7. The number of carboxylic acid groups (broad SMARTS) is 1. The third-order valence-corrected chi connectivity index (χ3v) is 6.83. The van der Waals surface area contributed by atoms with Crippen molar-refractivity contribution in [2.45, 2.75) is 43.5 Å². The van der Waals surface area contributed by atoms with Gasteiger partial charge in [-0.15, -0.1) is 0 Å². The summed E-state index contributed by atoms with van der Waals surface area (Å²) in [6.45, 7) is 0. The largest absolute Gasteiger partial charge is 0.490 e. The van der Waals surface area contributed by atoms with Gasteiger partial charge in [-0.2, -0.15) is 13.2 Å². The third-order valence-electron chi connectivity index (χ3n) is 6.61. The Morgan fingerprint density at radius 3 is 2.44 bits per heavy atom. The van der Waals surface area contributed by atoms with Crippen molar-refractivity contribution in [2.75, 3.05) is 7.05 Å². The summed E-state index contributed by atoms with van der Waals surface area (Å²) < 4.78 is 52.0. The number of hydrogen-bond donors (Lipinski definition) is 2. The van der Waals surface area contributed by atoms with E-state index >= 15 is 0 Å². The quantitative estimate of drug-likeness (QED) is 0.522. The van der Waals surface area contributed by atoms with Gasteiger partial charge in [0.1, 0.15) is 17.7 Å². The summed E-state index contributed by atoms with van der Waals surface area (Å²) >= 11 is 6.05. The van der Waals surface area contributed by atoms with E-state index in [4.69, 9.17) is 37.0 Å². The monoisotopic (exact) mass is 527 g/mol. The number of guanidine groups is 1. The molecule has 0 bridgehead atoms. The summed E-state index contributed by atoms with van der Waals surface area (Å²) in [5.74, 6) is -2.53. The van der Waals surface area contributed by atoms with E-state index in [0.717, 1.165) is 31.2 Å². The molecule has 7 nitrogen and oxygen atoms in total. The lowest BCUT2D eigenvalue weighted by Gasteiger charge is -2.46. The van der Waals surface area contributed by atoms with Crippen molar-refractivity contribution >= 4 is 29.4 Å². The van der Waals surface area contributed by atoms with Crippen molar-refractivity contribution in [1.29, 1.82) is 0 Å². The fraction of sp³-hybridized carbons (Fsp3) is 0.375. The zero-order valence-corrected chi connectivity index (χ0v) is 19.7. The molecule has 3 N–H and O–H groups in total. The minimum Gasteiger partial charge on any atom is -0.490 e. The fourth-order valence-corrected chi connectivity index (χ4v) is 5.21. The zero-order chi connectivity index (χ0) is 26.4. The van der Waals surface area contributed by atoms with Crippen molar-refractivity contribution in [3.63, 3.8) is 0 Å². The van der Waals surface area contributed by atoms with Gasteiger partial charge in [-0.05, 0) is 60.7 Å². The molecule has 1 aliphatic carbocycles. The second kappa shape index (κ2) is 9.27. The molecule has 3 atom stereocenters. The number of fused-ring (bicyclic) bond motifs is 4. The Morgan fingerprint density at radius 2 is 1.86 bits per heavy atom. The minimum absolute atomic E-state index is 0.0716. The van der Waals surface area contributed by atoms with Crippen LogP contribution in [-0.4, -0.2) is 47.2 Å². The number of carbonyl (C=O) groups excluding carboxylic acids is 1. The summed E-state index contributed by atoms with van der Waals surface area (Å²) in [5.41, 5.74) is 7.07. The van der Waals surface area contributed by atoms with Gasteiger partial charge in [0.25, 0.3) is 5.91 Å². The molecule has 3 aliphatic rings. The molecule has 1 spiro atoms. The van der Waals surface area contributed by atoms with Crippen molar-refractivity contribution in [3.8, 4) is 16.9 Å². The minimum atomic E-state index is -5.08. The molecule has 0 aromatic heterocycles. The molecule has 2 aromatic rings. The number of hydrogen-bond acceptors (Lipinski definition) is 5. The van der Waals surface area contributed by atoms with Crippen LogP contribution in [0.4, 0.5) is 17.6 Å². The number of halogens is 5. The summed E-state index contributed by atoms with van der Waals surface area (Å²) in [4.78, 5) is 28.5. The number of aliphatic carboxylic acids is 1. The molecule has 0 radical (unpaired) electrons. The molecule has 1 fully saturated rings. The number of alkyl halides is 3. The van der Waals surface area contributed by atoms with Gasteiger partial charge in [-0.3, -0.25) is 9.69 Å². The number of amides is 1. The number of carbonyl (C=O) groups is 2. The first-order chi connectivity index (χ1) is 16.8. The van der Waals surface area contributed by atoms with Crippen LogP contribution in [0.2, 0.25) is 5.02 Å². The van der Waals surface area contributed by atoms with Gasteiger partial charge in [0.2, 0.25) is 0 Å². The molecule has 2 heterocycles. The van der Waals surface area contributed by atoms with Gasteiger partial charge in [0.05, 0.1) is 0 Å². The van der Waals surface area contributed by atoms with E-state index in [2.05, 4.69) is 0 Å². The van der Waals surface area contributed by atoms with Crippen molar-refractivity contribution in [3.05, 3.63) is 52.8 Å². The Balaban J connectivity index is 0.000000384. The van der Waals surface area contributed by atoms with E-state index in [9.17, 15) is 22.4 Å². The topological polar surface area (TPSA) is 105 Å². The van der Waals surface area contributed by atoms with Crippen molar-refractivity contribution < 1.29 is 37.0 Å². The molecule has 5 rings (SSSR count). The van der Waals surface area contributed by atoms with E-state index < -0.39 is 23.5 Å². The Kier molecular flexibility index (Phi) is 6.63. The molecule has 12 heteroatoms. The molecule has 1 amide bonds. The Morgan fingerprint density at radius 1 is 1.19 bits per heavy atom. The maximum atomic E-state index is 13.9. The smallest absolute Gasteiger partial charge is 0.490 e. The summed E-state index contributed by atoms with van der Waals surface area (Å²) in [6.07, 6.45) is -1.34. The lowest BCUT2D eigenvalue weighted by atomic mass is 9.67. The van der Waals surface area contributed by atoms with Gasteiger partial charge in [0, 0.05) is 23.6 Å². The first-order valence-corrected chi connectivity index (χ1v) is 11.4. The van der Waals surface area contributed by atoms with Gasteiger partial charge in [0.15, 0.2) is 11.5 Å². The van der Waals surface area contributed by atoms with Crippen molar-refractivity contribution in [2.24, 2.45) is 16.6 Å². The second-order valence-electron chi connectivity index (χ2n) is 8.82. The van der Waals surface area contributed by atoms with Gasteiger partial charge in [-0.1, -0.05) is 24.1 Å². The first-order valence-electron chi connectivity index (χ1n) is 11.1. The average molecular weight is 528 g/mol. The van der Waals surface area contributed by atoms with Crippen LogP contribution in [0.1, 0.15) is 31.2 Å². The Labute approximate surface area is 208 Å². The van der Waals surface area contributed by atoms with Crippen LogP contribution in [0.3, 0.4) is 0 Å². The van der Waals surface area contributed by atoms with E-state index in [-0.39, 0.29) is 23.9 Å². The van der Waals surface area contributed by atoms with Crippen molar-refractivity contribution in [1.82, 2.24) is 4.90 Å².